The molecule has 1 aliphatic carbocycles. The first-order valence-corrected chi connectivity index (χ1v) is 20.6. The van der Waals surface area contributed by atoms with Gasteiger partial charge in [0.1, 0.15) is 42.6 Å². The third-order valence-corrected chi connectivity index (χ3v) is 12.8. The molecule has 0 saturated heterocycles. The Morgan fingerprint density at radius 3 is 1.87 bits per heavy atom. The van der Waals surface area contributed by atoms with Gasteiger partial charge in [0.25, 0.3) is 0 Å². The molecule has 11 rings (SSSR count). The van der Waals surface area contributed by atoms with Crippen molar-refractivity contribution in [2.45, 2.75) is 19.3 Å². The highest BCUT2D eigenvalue weighted by molar-refractivity contribution is 6.63. The summed E-state index contributed by atoms with van der Waals surface area (Å²) in [7, 11) is 28.9. The van der Waals surface area contributed by atoms with Crippen LogP contribution in [0.15, 0.2) is 180 Å². The van der Waals surface area contributed by atoms with E-state index in [0.717, 1.165) is 71.9 Å². The molecular weight excluding hydrogens is 734 g/mol. The Bertz CT molecular complexity index is 3360. The molecule has 8 radical (unpaired) electrons. The van der Waals surface area contributed by atoms with Gasteiger partial charge in [0.15, 0.2) is 0 Å². The summed E-state index contributed by atoms with van der Waals surface area (Å²) in [6.45, 7) is 4.56. The van der Waals surface area contributed by atoms with Crippen molar-refractivity contribution in [1.29, 1.82) is 0 Å². The van der Waals surface area contributed by atoms with E-state index in [2.05, 4.69) is 152 Å². The molecule has 0 aliphatic heterocycles. The fourth-order valence-electron chi connectivity index (χ4n) is 9.72. The fraction of sp³-hybridized carbons (Fsp3) is 0.0545. The maximum absolute atomic E-state index is 7.29. The maximum Gasteiger partial charge on any atom is 0.143 e. The second kappa shape index (κ2) is 14.1. The Kier molecular flexibility index (Phi) is 8.58. The summed E-state index contributed by atoms with van der Waals surface area (Å²) in [5.74, 6) is 0. The molecule has 1 heterocycles. The first-order valence-electron chi connectivity index (χ1n) is 20.6. The number of nitrogens with zero attached hydrogens (tertiary/aromatic N) is 1. The number of hydrogen-bond donors (Lipinski definition) is 0. The molecule has 6 heteroatoms. The van der Waals surface area contributed by atoms with Crippen LogP contribution in [-0.4, -0.2) is 31.4 Å². The molecule has 2 nitrogen and oxygen atoms in total. The van der Waals surface area contributed by atoms with Crippen LogP contribution >= 0.6 is 0 Å². The number of anilines is 3. The largest absolute Gasteiger partial charge is 0.455 e. The van der Waals surface area contributed by atoms with Gasteiger partial charge in [-0.2, -0.15) is 0 Å². The van der Waals surface area contributed by atoms with E-state index >= 15 is 0 Å². The number of para-hydroxylation sites is 1. The van der Waals surface area contributed by atoms with E-state index in [1.165, 1.54) is 22.3 Å². The van der Waals surface area contributed by atoms with Crippen LogP contribution in [0.3, 0.4) is 0 Å². The van der Waals surface area contributed by atoms with Crippen molar-refractivity contribution >= 4 is 103 Å². The first kappa shape index (κ1) is 37.1. The lowest BCUT2D eigenvalue weighted by Gasteiger charge is -2.35. The fourth-order valence-corrected chi connectivity index (χ4v) is 9.72. The average molecular weight is 769 g/mol. The monoisotopic (exact) mass is 769 g/mol. The lowest BCUT2D eigenvalue weighted by Crippen LogP contribution is -2.46. The molecule has 0 unspecified atom stereocenters. The van der Waals surface area contributed by atoms with Gasteiger partial charge in [0.05, 0.1) is 5.69 Å². The summed E-state index contributed by atoms with van der Waals surface area (Å²) >= 11 is 0. The zero-order valence-corrected chi connectivity index (χ0v) is 33.9. The summed E-state index contributed by atoms with van der Waals surface area (Å²) in [5, 5.41) is 4.26. The molecule has 0 spiro atoms. The molecule has 10 aromatic rings. The van der Waals surface area contributed by atoms with E-state index in [9.17, 15) is 0 Å². The summed E-state index contributed by atoms with van der Waals surface area (Å²) < 4.78 is 6.67. The second-order valence-electron chi connectivity index (χ2n) is 16.5. The average Bonchev–Trinajstić information content (AvgIpc) is 3.80. The van der Waals surface area contributed by atoms with Crippen molar-refractivity contribution in [3.63, 3.8) is 0 Å². The SMILES string of the molecule is [B]c1c([B])c(N(c2ccc3c(c2)C(C)(C)c2ccccc2-3)c2ccccc2-c2cccc3oc4c5ccccc5ccc4c23)c([B])c([B])c1-c1ccc(-c2ccccc2)cc1. The second-order valence-corrected chi connectivity index (χ2v) is 16.5. The number of fused-ring (bicyclic) bond motifs is 8. The Balaban J connectivity index is 1.15. The third kappa shape index (κ3) is 5.69. The summed E-state index contributed by atoms with van der Waals surface area (Å²) in [6.07, 6.45) is 0. The summed E-state index contributed by atoms with van der Waals surface area (Å²) in [4.78, 5) is 2.14. The van der Waals surface area contributed by atoms with Crippen molar-refractivity contribution < 1.29 is 4.42 Å². The number of furan rings is 1. The molecule has 0 atom stereocenters. The quantitative estimate of drug-likeness (QED) is 0.157. The minimum atomic E-state index is -0.262. The molecule has 0 amide bonds. The smallest absolute Gasteiger partial charge is 0.143 e. The minimum Gasteiger partial charge on any atom is -0.455 e. The first-order chi connectivity index (χ1) is 29.7. The number of hydrogen-bond acceptors (Lipinski definition) is 2. The number of rotatable bonds is 6. The highest BCUT2D eigenvalue weighted by Gasteiger charge is 2.36. The molecule has 1 aromatic heterocycles. The van der Waals surface area contributed by atoms with E-state index in [4.69, 9.17) is 35.8 Å². The Hall–Kier alpha value is -6.90. The zero-order valence-electron chi connectivity index (χ0n) is 33.9. The topological polar surface area (TPSA) is 16.4 Å². The zero-order chi connectivity index (χ0) is 41.6. The van der Waals surface area contributed by atoms with Crippen LogP contribution in [0.5, 0.6) is 0 Å². The van der Waals surface area contributed by atoms with E-state index in [0.29, 0.717) is 33.1 Å². The van der Waals surface area contributed by atoms with Gasteiger partial charge >= 0.3 is 0 Å². The Morgan fingerprint density at radius 2 is 1.08 bits per heavy atom. The van der Waals surface area contributed by atoms with Gasteiger partial charge in [-0.15, -0.1) is 0 Å². The molecule has 0 fully saturated rings. The number of benzene rings is 9. The van der Waals surface area contributed by atoms with Gasteiger partial charge in [-0.3, -0.25) is 0 Å². The Labute approximate surface area is 361 Å². The van der Waals surface area contributed by atoms with Crippen LogP contribution < -0.4 is 26.8 Å². The van der Waals surface area contributed by atoms with Crippen LogP contribution in [0.1, 0.15) is 25.0 Å². The predicted molar refractivity (Wildman–Crippen MR) is 261 cm³/mol. The lowest BCUT2D eigenvalue weighted by atomic mass is 9.64. The van der Waals surface area contributed by atoms with Gasteiger partial charge in [0.2, 0.25) is 0 Å². The van der Waals surface area contributed by atoms with Crippen LogP contribution in [0.25, 0.3) is 77.2 Å². The van der Waals surface area contributed by atoms with Crippen LogP contribution in [-0.2, 0) is 5.41 Å². The molecule has 0 saturated carbocycles. The highest BCUT2D eigenvalue weighted by atomic mass is 16.3. The van der Waals surface area contributed by atoms with Crippen LogP contribution in [0, 0.1) is 0 Å². The highest BCUT2D eigenvalue weighted by Crippen LogP contribution is 2.51. The van der Waals surface area contributed by atoms with Gasteiger partial charge in [0, 0.05) is 38.5 Å². The van der Waals surface area contributed by atoms with Crippen molar-refractivity contribution in [2.24, 2.45) is 0 Å². The van der Waals surface area contributed by atoms with E-state index in [1.54, 1.807) is 0 Å². The van der Waals surface area contributed by atoms with Gasteiger partial charge in [-0.1, -0.05) is 181 Å². The predicted octanol–water partition coefficient (Wildman–Crippen LogP) is 10.7. The standard InChI is InChI=1S/C55H35B4NO/c1-55(2)43-20-10-8-17-38(43)39-30-28-36(31-44(39)55)60(53-51(58)49(56)47(50(57)52(53)59)35-25-23-33(24-26-35)32-13-4-3-5-14-32)45-21-11-9-18-40(45)41-19-12-22-46-48(41)42-29-27-34-15-6-7-16-37(34)54(42)61-46/h3-31H,1-2H3. The van der Waals surface area contributed by atoms with Crippen LogP contribution in [0.4, 0.5) is 17.1 Å². The van der Waals surface area contributed by atoms with Crippen molar-refractivity contribution in [3.05, 3.63) is 187 Å². The third-order valence-electron chi connectivity index (χ3n) is 12.8. The molecule has 0 N–H and O–H groups in total. The van der Waals surface area contributed by atoms with Crippen LogP contribution in [0.2, 0.25) is 0 Å². The molecule has 1 aliphatic rings. The van der Waals surface area contributed by atoms with Crippen molar-refractivity contribution in [1.82, 2.24) is 0 Å². The Morgan fingerprint density at radius 1 is 0.459 bits per heavy atom. The molecular formula is C55H35B4NO. The van der Waals surface area contributed by atoms with Gasteiger partial charge in [-0.25, -0.2) is 0 Å². The summed E-state index contributed by atoms with van der Waals surface area (Å²) in [5.41, 5.74) is 15.6. The van der Waals surface area contributed by atoms with Crippen molar-refractivity contribution in [3.8, 4) is 44.5 Å². The molecule has 0 bridgehead atoms. The molecule has 61 heavy (non-hydrogen) atoms. The minimum absolute atomic E-state index is 0.262. The van der Waals surface area contributed by atoms with Gasteiger partial charge in [-0.05, 0) is 85.8 Å². The molecule has 9 aromatic carbocycles. The van der Waals surface area contributed by atoms with E-state index in [1.807, 2.05) is 42.5 Å². The maximum atomic E-state index is 7.29. The lowest BCUT2D eigenvalue weighted by molar-refractivity contribution is 0.660. The normalized spacial score (nSPS) is 12.8. The summed E-state index contributed by atoms with van der Waals surface area (Å²) in [6, 6.07) is 61.0. The van der Waals surface area contributed by atoms with E-state index in [-0.39, 0.29) is 5.41 Å². The van der Waals surface area contributed by atoms with Gasteiger partial charge < -0.3 is 9.32 Å². The van der Waals surface area contributed by atoms with E-state index < -0.39 is 0 Å². The molecule has 278 valence electrons. The van der Waals surface area contributed by atoms with Crippen molar-refractivity contribution in [2.75, 3.05) is 4.90 Å².